The molecule has 2 aromatic rings. The first-order chi connectivity index (χ1) is 6.81. The highest BCUT2D eigenvalue weighted by molar-refractivity contribution is 5.54. The number of nitrogens with two attached hydrogens (primary N) is 1. The standard InChI is InChI=1S/C10H10N2O2/c11-5-7-4-8(12-6-9(7)13)10-2-1-3-14-10/h1-4,6,13H,5,11H2. The fourth-order valence-corrected chi connectivity index (χ4v) is 1.21. The molecule has 3 N–H and O–H groups in total. The third-order valence-corrected chi connectivity index (χ3v) is 1.96. The molecule has 0 aliphatic rings. The van der Waals surface area contributed by atoms with Gasteiger partial charge in [-0.3, -0.25) is 0 Å². The highest BCUT2D eigenvalue weighted by Gasteiger charge is 2.06. The molecule has 4 heteroatoms. The molecule has 0 fully saturated rings. The van der Waals surface area contributed by atoms with Crippen LogP contribution in [0.1, 0.15) is 5.56 Å². The van der Waals surface area contributed by atoms with Crippen LogP contribution in [0.5, 0.6) is 5.75 Å². The highest BCUT2D eigenvalue weighted by atomic mass is 16.3. The largest absolute Gasteiger partial charge is 0.506 e. The number of furan rings is 1. The van der Waals surface area contributed by atoms with Crippen LogP contribution in [0.15, 0.2) is 35.1 Å². The fraction of sp³-hybridized carbons (Fsp3) is 0.100. The number of nitrogens with zero attached hydrogens (tertiary/aromatic N) is 1. The van der Waals surface area contributed by atoms with E-state index in [9.17, 15) is 5.11 Å². The molecule has 2 heterocycles. The van der Waals surface area contributed by atoms with Crippen LogP contribution in [0.2, 0.25) is 0 Å². The highest BCUT2D eigenvalue weighted by Crippen LogP contribution is 2.22. The van der Waals surface area contributed by atoms with Crippen LogP contribution < -0.4 is 5.73 Å². The number of aromatic hydroxyl groups is 1. The maximum absolute atomic E-state index is 9.36. The molecular formula is C10H10N2O2. The van der Waals surface area contributed by atoms with Crippen molar-refractivity contribution in [3.05, 3.63) is 36.2 Å². The molecule has 0 aromatic carbocycles. The first-order valence-corrected chi connectivity index (χ1v) is 4.23. The van der Waals surface area contributed by atoms with Crippen molar-refractivity contribution in [2.45, 2.75) is 6.54 Å². The monoisotopic (exact) mass is 190 g/mol. The second-order valence-electron chi connectivity index (χ2n) is 2.88. The summed E-state index contributed by atoms with van der Waals surface area (Å²) in [7, 11) is 0. The zero-order valence-corrected chi connectivity index (χ0v) is 7.47. The van der Waals surface area contributed by atoms with Gasteiger partial charge in [-0.2, -0.15) is 0 Å². The predicted octanol–water partition coefficient (Wildman–Crippen LogP) is 1.51. The Kier molecular flexibility index (Phi) is 2.20. The minimum atomic E-state index is 0.114. The lowest BCUT2D eigenvalue weighted by molar-refractivity contribution is 0.465. The Balaban J connectivity index is 2.46. The Morgan fingerprint density at radius 3 is 3.00 bits per heavy atom. The Bertz CT molecular complexity index is 424. The Morgan fingerprint density at radius 1 is 1.50 bits per heavy atom. The van der Waals surface area contributed by atoms with E-state index < -0.39 is 0 Å². The quantitative estimate of drug-likeness (QED) is 0.752. The molecule has 14 heavy (non-hydrogen) atoms. The Labute approximate surface area is 81.0 Å². The van der Waals surface area contributed by atoms with E-state index in [0.717, 1.165) is 0 Å². The molecule has 0 bridgehead atoms. The van der Waals surface area contributed by atoms with Crippen LogP contribution in [0.4, 0.5) is 0 Å². The third-order valence-electron chi connectivity index (χ3n) is 1.96. The molecule has 2 rings (SSSR count). The second kappa shape index (κ2) is 3.51. The molecule has 0 saturated heterocycles. The SMILES string of the molecule is NCc1cc(-c2ccco2)ncc1O. The van der Waals surface area contributed by atoms with Gasteiger partial charge in [-0.15, -0.1) is 0 Å². The van der Waals surface area contributed by atoms with Crippen molar-refractivity contribution in [1.82, 2.24) is 4.98 Å². The molecule has 2 aromatic heterocycles. The van der Waals surface area contributed by atoms with Crippen molar-refractivity contribution in [3.63, 3.8) is 0 Å². The molecular weight excluding hydrogens is 180 g/mol. The molecule has 0 aliphatic carbocycles. The maximum Gasteiger partial charge on any atom is 0.152 e. The van der Waals surface area contributed by atoms with Crippen LogP contribution in [-0.2, 0) is 6.54 Å². The summed E-state index contributed by atoms with van der Waals surface area (Å²) < 4.78 is 5.17. The number of hydrogen-bond donors (Lipinski definition) is 2. The molecule has 72 valence electrons. The fourth-order valence-electron chi connectivity index (χ4n) is 1.21. The van der Waals surface area contributed by atoms with Gasteiger partial charge in [0.05, 0.1) is 12.5 Å². The van der Waals surface area contributed by atoms with Gasteiger partial charge in [0.15, 0.2) is 5.76 Å². The summed E-state index contributed by atoms with van der Waals surface area (Å²) in [6.45, 7) is 0.280. The van der Waals surface area contributed by atoms with Crippen molar-refractivity contribution in [2.75, 3.05) is 0 Å². The molecule has 0 amide bonds. The van der Waals surface area contributed by atoms with Gasteiger partial charge in [0, 0.05) is 12.1 Å². The smallest absolute Gasteiger partial charge is 0.152 e. The first kappa shape index (κ1) is 8.77. The number of hydrogen-bond acceptors (Lipinski definition) is 4. The second-order valence-corrected chi connectivity index (χ2v) is 2.88. The van der Waals surface area contributed by atoms with Crippen molar-refractivity contribution in [3.8, 4) is 17.2 Å². The van der Waals surface area contributed by atoms with E-state index in [4.69, 9.17) is 10.2 Å². The Hall–Kier alpha value is -1.81. The van der Waals surface area contributed by atoms with Crippen molar-refractivity contribution >= 4 is 0 Å². The minimum Gasteiger partial charge on any atom is -0.506 e. The summed E-state index contributed by atoms with van der Waals surface area (Å²) in [4.78, 5) is 4.03. The lowest BCUT2D eigenvalue weighted by Crippen LogP contribution is -1.97. The van der Waals surface area contributed by atoms with E-state index in [0.29, 0.717) is 17.0 Å². The van der Waals surface area contributed by atoms with E-state index in [1.165, 1.54) is 6.20 Å². The minimum absolute atomic E-state index is 0.114. The summed E-state index contributed by atoms with van der Waals surface area (Å²) in [5.41, 5.74) is 6.79. The van der Waals surface area contributed by atoms with Gasteiger partial charge >= 0.3 is 0 Å². The normalized spacial score (nSPS) is 10.4. The number of aromatic nitrogens is 1. The molecule has 0 aliphatic heterocycles. The Morgan fingerprint density at radius 2 is 2.36 bits per heavy atom. The molecule has 0 unspecified atom stereocenters. The van der Waals surface area contributed by atoms with Crippen LogP contribution in [0.3, 0.4) is 0 Å². The van der Waals surface area contributed by atoms with Gasteiger partial charge in [-0.25, -0.2) is 4.98 Å². The van der Waals surface area contributed by atoms with E-state index in [1.54, 1.807) is 24.5 Å². The van der Waals surface area contributed by atoms with Crippen LogP contribution in [-0.4, -0.2) is 10.1 Å². The first-order valence-electron chi connectivity index (χ1n) is 4.23. The zero-order valence-electron chi connectivity index (χ0n) is 7.47. The number of rotatable bonds is 2. The lowest BCUT2D eigenvalue weighted by Gasteiger charge is -2.02. The average molecular weight is 190 g/mol. The van der Waals surface area contributed by atoms with Crippen molar-refractivity contribution in [2.24, 2.45) is 5.73 Å². The van der Waals surface area contributed by atoms with Crippen molar-refractivity contribution < 1.29 is 9.52 Å². The number of pyridine rings is 1. The average Bonchev–Trinajstić information content (AvgIpc) is 2.71. The summed E-state index contributed by atoms with van der Waals surface area (Å²) in [5, 5.41) is 9.36. The molecule has 0 saturated carbocycles. The predicted molar refractivity (Wildman–Crippen MR) is 51.5 cm³/mol. The van der Waals surface area contributed by atoms with Gasteiger partial charge in [0.25, 0.3) is 0 Å². The van der Waals surface area contributed by atoms with E-state index >= 15 is 0 Å². The summed E-state index contributed by atoms with van der Waals surface area (Å²) >= 11 is 0. The van der Waals surface area contributed by atoms with E-state index in [-0.39, 0.29) is 12.3 Å². The van der Waals surface area contributed by atoms with Gasteiger partial charge in [-0.05, 0) is 18.2 Å². The van der Waals surface area contributed by atoms with Crippen molar-refractivity contribution in [1.29, 1.82) is 0 Å². The summed E-state index contributed by atoms with van der Waals surface area (Å²) in [5.74, 6) is 0.780. The molecule has 0 radical (unpaired) electrons. The van der Waals surface area contributed by atoms with Crippen LogP contribution in [0, 0.1) is 0 Å². The van der Waals surface area contributed by atoms with Crippen LogP contribution in [0.25, 0.3) is 11.5 Å². The third kappa shape index (κ3) is 1.47. The van der Waals surface area contributed by atoms with E-state index in [2.05, 4.69) is 4.98 Å². The zero-order chi connectivity index (χ0) is 9.97. The van der Waals surface area contributed by atoms with Gasteiger partial charge in [0.1, 0.15) is 11.4 Å². The summed E-state index contributed by atoms with van der Waals surface area (Å²) in [6.07, 6.45) is 2.95. The van der Waals surface area contributed by atoms with Crippen LogP contribution >= 0.6 is 0 Å². The van der Waals surface area contributed by atoms with Gasteiger partial charge in [-0.1, -0.05) is 0 Å². The van der Waals surface area contributed by atoms with Gasteiger partial charge in [0.2, 0.25) is 0 Å². The lowest BCUT2D eigenvalue weighted by atomic mass is 10.2. The summed E-state index contributed by atoms with van der Waals surface area (Å²) in [6, 6.07) is 5.31. The topological polar surface area (TPSA) is 72.3 Å². The molecule has 0 atom stereocenters. The maximum atomic E-state index is 9.36. The molecule has 4 nitrogen and oxygen atoms in total. The van der Waals surface area contributed by atoms with E-state index in [1.807, 2.05) is 0 Å². The molecule has 0 spiro atoms. The van der Waals surface area contributed by atoms with Gasteiger partial charge < -0.3 is 15.3 Å².